The third-order valence-electron chi connectivity index (χ3n) is 7.50. The van der Waals surface area contributed by atoms with Crippen molar-refractivity contribution in [2.24, 2.45) is 11.3 Å². The molecule has 0 unspecified atom stereocenters. The Hall–Kier alpha value is -1.32. The highest BCUT2D eigenvalue weighted by atomic mass is 16.2. The Morgan fingerprint density at radius 1 is 1.04 bits per heavy atom. The van der Waals surface area contributed by atoms with E-state index in [0.29, 0.717) is 24.8 Å². The molecule has 0 radical (unpaired) electrons. The number of likely N-dealkylation sites (tertiary alicyclic amines) is 2. The number of hydrogen-bond acceptors (Lipinski definition) is 2. The number of carbonyl (C=O) groups is 2. The van der Waals surface area contributed by atoms with Gasteiger partial charge in [-0.05, 0) is 63.7 Å². The molecule has 4 heteroatoms. The molecule has 0 aromatic carbocycles. The summed E-state index contributed by atoms with van der Waals surface area (Å²) >= 11 is 0. The molecule has 2 aliphatic heterocycles. The lowest BCUT2D eigenvalue weighted by Gasteiger charge is -2.41. The number of nitrogens with zero attached hydrogens (tertiary/aromatic N) is 2. The standard InChI is InChI=1S/C23H36N2O2/c26-21(16-19-8-3-1-4-9-19)25-15-13-23(18-25)12-7-14-24(22(23)27)17-20-10-5-2-6-11-20/h8,20H,1-7,9-18H2/t23-/m1/s1. The first-order valence-electron chi connectivity index (χ1n) is 11.4. The SMILES string of the molecule is O=C(CC1=CCCCC1)N1CC[C@]2(CCCN(CC3CCCCC3)C2=O)C1. The minimum absolute atomic E-state index is 0.247. The Balaban J connectivity index is 1.35. The molecule has 0 aromatic rings. The average Bonchev–Trinajstić information content (AvgIpc) is 3.13. The van der Waals surface area contributed by atoms with Crippen molar-refractivity contribution in [2.75, 3.05) is 26.2 Å². The molecular formula is C23H36N2O2. The van der Waals surface area contributed by atoms with Gasteiger partial charge in [-0.25, -0.2) is 0 Å². The highest BCUT2D eigenvalue weighted by molar-refractivity contribution is 5.86. The third-order valence-corrected chi connectivity index (χ3v) is 7.50. The molecule has 2 amide bonds. The van der Waals surface area contributed by atoms with Crippen molar-refractivity contribution in [3.05, 3.63) is 11.6 Å². The molecule has 4 aliphatic rings. The van der Waals surface area contributed by atoms with Crippen LogP contribution in [0.25, 0.3) is 0 Å². The van der Waals surface area contributed by atoms with Crippen molar-refractivity contribution >= 4 is 11.8 Å². The van der Waals surface area contributed by atoms with Gasteiger partial charge in [-0.2, -0.15) is 0 Å². The first kappa shape index (κ1) is 19.0. The second kappa shape index (κ2) is 8.36. The van der Waals surface area contributed by atoms with Gasteiger partial charge in [0.1, 0.15) is 0 Å². The Kier molecular flexibility index (Phi) is 5.89. The van der Waals surface area contributed by atoms with Crippen molar-refractivity contribution in [1.29, 1.82) is 0 Å². The van der Waals surface area contributed by atoms with Crippen LogP contribution >= 0.6 is 0 Å². The lowest BCUT2D eigenvalue weighted by Crippen LogP contribution is -2.51. The van der Waals surface area contributed by atoms with Crippen LogP contribution in [-0.4, -0.2) is 47.8 Å². The molecule has 27 heavy (non-hydrogen) atoms. The molecule has 2 saturated heterocycles. The van der Waals surface area contributed by atoms with Gasteiger partial charge in [0.05, 0.1) is 5.41 Å². The number of piperidine rings is 1. The molecule has 2 heterocycles. The van der Waals surface area contributed by atoms with Crippen molar-refractivity contribution in [3.8, 4) is 0 Å². The van der Waals surface area contributed by atoms with Gasteiger partial charge in [-0.15, -0.1) is 0 Å². The van der Waals surface area contributed by atoms with Crippen molar-refractivity contribution in [1.82, 2.24) is 9.80 Å². The largest absolute Gasteiger partial charge is 0.342 e. The molecule has 2 aliphatic carbocycles. The molecule has 0 aromatic heterocycles. The first-order valence-corrected chi connectivity index (χ1v) is 11.4. The number of carbonyl (C=O) groups excluding carboxylic acids is 2. The van der Waals surface area contributed by atoms with Crippen LogP contribution in [0, 0.1) is 11.3 Å². The summed E-state index contributed by atoms with van der Waals surface area (Å²) in [5, 5.41) is 0. The Morgan fingerprint density at radius 2 is 1.89 bits per heavy atom. The van der Waals surface area contributed by atoms with Gasteiger partial charge in [0.2, 0.25) is 11.8 Å². The maximum Gasteiger partial charge on any atom is 0.230 e. The van der Waals surface area contributed by atoms with Crippen LogP contribution < -0.4 is 0 Å². The molecule has 150 valence electrons. The van der Waals surface area contributed by atoms with Gasteiger partial charge in [-0.3, -0.25) is 9.59 Å². The van der Waals surface area contributed by atoms with Gasteiger partial charge >= 0.3 is 0 Å². The molecule has 4 nitrogen and oxygen atoms in total. The number of amides is 2. The van der Waals surface area contributed by atoms with Crippen LogP contribution in [0.3, 0.4) is 0 Å². The minimum atomic E-state index is -0.274. The monoisotopic (exact) mass is 372 g/mol. The van der Waals surface area contributed by atoms with E-state index in [0.717, 1.165) is 51.7 Å². The van der Waals surface area contributed by atoms with E-state index in [1.54, 1.807) is 0 Å². The van der Waals surface area contributed by atoms with E-state index in [1.807, 2.05) is 4.90 Å². The van der Waals surface area contributed by atoms with Crippen molar-refractivity contribution < 1.29 is 9.59 Å². The van der Waals surface area contributed by atoms with Crippen LogP contribution in [0.1, 0.15) is 83.5 Å². The zero-order valence-corrected chi connectivity index (χ0v) is 16.9. The Labute approximate surface area is 164 Å². The van der Waals surface area contributed by atoms with Crippen molar-refractivity contribution in [3.63, 3.8) is 0 Å². The normalized spacial score (nSPS) is 30.1. The molecule has 1 saturated carbocycles. The van der Waals surface area contributed by atoms with Crippen molar-refractivity contribution in [2.45, 2.75) is 83.5 Å². The van der Waals surface area contributed by atoms with E-state index < -0.39 is 0 Å². The predicted octanol–water partition coefficient (Wildman–Crippen LogP) is 4.30. The van der Waals surface area contributed by atoms with Crippen LogP contribution in [0.5, 0.6) is 0 Å². The summed E-state index contributed by atoms with van der Waals surface area (Å²) in [6, 6.07) is 0. The zero-order valence-electron chi connectivity index (χ0n) is 16.9. The van der Waals surface area contributed by atoms with Gasteiger partial charge in [-0.1, -0.05) is 30.9 Å². The van der Waals surface area contributed by atoms with E-state index >= 15 is 0 Å². The van der Waals surface area contributed by atoms with E-state index in [-0.39, 0.29) is 11.3 Å². The third kappa shape index (κ3) is 4.25. The van der Waals surface area contributed by atoms with E-state index in [2.05, 4.69) is 11.0 Å². The molecule has 4 rings (SSSR count). The van der Waals surface area contributed by atoms with E-state index in [9.17, 15) is 9.59 Å². The zero-order chi connectivity index (χ0) is 18.7. The molecule has 0 bridgehead atoms. The van der Waals surface area contributed by atoms with Crippen LogP contribution in [-0.2, 0) is 9.59 Å². The van der Waals surface area contributed by atoms with Crippen LogP contribution in [0.15, 0.2) is 11.6 Å². The summed E-state index contributed by atoms with van der Waals surface area (Å²) < 4.78 is 0. The number of rotatable bonds is 4. The smallest absolute Gasteiger partial charge is 0.230 e. The quantitative estimate of drug-likeness (QED) is 0.691. The molecule has 1 atom stereocenters. The van der Waals surface area contributed by atoms with E-state index in [1.165, 1.54) is 50.5 Å². The summed E-state index contributed by atoms with van der Waals surface area (Å²) in [6.45, 7) is 3.33. The van der Waals surface area contributed by atoms with E-state index in [4.69, 9.17) is 0 Å². The average molecular weight is 373 g/mol. The maximum absolute atomic E-state index is 13.4. The molecule has 3 fully saturated rings. The van der Waals surface area contributed by atoms with Gasteiger partial charge in [0, 0.05) is 32.6 Å². The highest BCUT2D eigenvalue weighted by Gasteiger charge is 2.49. The Bertz CT molecular complexity index is 593. The lowest BCUT2D eigenvalue weighted by atomic mass is 9.77. The molecule has 1 spiro atoms. The number of allylic oxidation sites excluding steroid dienone is 1. The van der Waals surface area contributed by atoms with Gasteiger partial charge in [0.15, 0.2) is 0 Å². The van der Waals surface area contributed by atoms with Crippen LogP contribution in [0.4, 0.5) is 0 Å². The fourth-order valence-corrected chi connectivity index (χ4v) is 5.84. The molecule has 0 N–H and O–H groups in total. The Morgan fingerprint density at radius 3 is 2.67 bits per heavy atom. The van der Waals surface area contributed by atoms with Crippen LogP contribution in [0.2, 0.25) is 0 Å². The summed E-state index contributed by atoms with van der Waals surface area (Å²) in [6.07, 6.45) is 17.1. The number of hydrogen-bond donors (Lipinski definition) is 0. The predicted molar refractivity (Wildman–Crippen MR) is 107 cm³/mol. The fraction of sp³-hybridized carbons (Fsp3) is 0.826. The molecular weight excluding hydrogens is 336 g/mol. The second-order valence-electron chi connectivity index (χ2n) is 9.49. The van der Waals surface area contributed by atoms with Gasteiger partial charge < -0.3 is 9.80 Å². The summed E-state index contributed by atoms with van der Waals surface area (Å²) in [7, 11) is 0. The lowest BCUT2D eigenvalue weighted by molar-refractivity contribution is -0.147. The summed E-state index contributed by atoms with van der Waals surface area (Å²) in [4.78, 5) is 30.3. The first-order chi connectivity index (χ1) is 13.2. The second-order valence-corrected chi connectivity index (χ2v) is 9.49. The maximum atomic E-state index is 13.4. The summed E-state index contributed by atoms with van der Waals surface area (Å²) in [5.74, 6) is 1.30. The highest BCUT2D eigenvalue weighted by Crippen LogP contribution is 2.41. The fourth-order valence-electron chi connectivity index (χ4n) is 5.84. The minimum Gasteiger partial charge on any atom is -0.342 e. The van der Waals surface area contributed by atoms with Gasteiger partial charge in [0.25, 0.3) is 0 Å². The topological polar surface area (TPSA) is 40.6 Å². The summed E-state index contributed by atoms with van der Waals surface area (Å²) in [5.41, 5.74) is 1.05.